The van der Waals surface area contributed by atoms with E-state index < -0.39 is 0 Å². The molecule has 140 valence electrons. The van der Waals surface area contributed by atoms with E-state index in [9.17, 15) is 4.79 Å². The van der Waals surface area contributed by atoms with Gasteiger partial charge in [0.1, 0.15) is 17.1 Å². The fourth-order valence-electron chi connectivity index (χ4n) is 2.63. The second-order valence-electron chi connectivity index (χ2n) is 8.46. The Kier molecular flexibility index (Phi) is 5.80. The van der Waals surface area contributed by atoms with Gasteiger partial charge < -0.3 is 9.47 Å². The molecule has 3 heteroatoms. The largest absolute Gasteiger partial charge is 0.488 e. The highest BCUT2D eigenvalue weighted by molar-refractivity contribution is 5.74. The summed E-state index contributed by atoms with van der Waals surface area (Å²) in [5.41, 5.74) is 1.98. The molecule has 0 saturated heterocycles. The molecule has 2 aromatic carbocycles. The van der Waals surface area contributed by atoms with Crippen molar-refractivity contribution in [1.82, 2.24) is 0 Å². The van der Waals surface area contributed by atoms with Crippen molar-refractivity contribution in [1.29, 1.82) is 0 Å². The quantitative estimate of drug-likeness (QED) is 0.506. The summed E-state index contributed by atoms with van der Waals surface area (Å²) < 4.78 is 11.3. The van der Waals surface area contributed by atoms with Crippen molar-refractivity contribution in [3.05, 3.63) is 59.7 Å². The first-order valence-electron chi connectivity index (χ1n) is 9.11. The van der Waals surface area contributed by atoms with Gasteiger partial charge in [-0.25, -0.2) is 0 Å². The summed E-state index contributed by atoms with van der Waals surface area (Å²) in [7, 11) is 0. The zero-order chi connectivity index (χ0) is 19.5. The monoisotopic (exact) mass is 354 g/mol. The number of ether oxygens (including phenoxy) is 2. The summed E-state index contributed by atoms with van der Waals surface area (Å²) in [6.45, 7) is 14.1. The van der Waals surface area contributed by atoms with E-state index >= 15 is 0 Å². The van der Waals surface area contributed by atoms with Gasteiger partial charge in [0.2, 0.25) is 0 Å². The van der Waals surface area contributed by atoms with E-state index in [4.69, 9.17) is 9.47 Å². The highest BCUT2D eigenvalue weighted by atomic mass is 16.5. The first-order valence-corrected chi connectivity index (χ1v) is 9.11. The summed E-state index contributed by atoms with van der Waals surface area (Å²) in [6, 6.07) is 16.0. The molecule has 0 bridgehead atoms. The Morgan fingerprint density at radius 2 is 1.19 bits per heavy atom. The van der Waals surface area contributed by atoms with Crippen LogP contribution in [-0.4, -0.2) is 11.6 Å². The molecule has 3 nitrogen and oxygen atoms in total. The minimum absolute atomic E-state index is 0.139. The molecule has 0 aliphatic heterocycles. The topological polar surface area (TPSA) is 35.5 Å². The highest BCUT2D eigenvalue weighted by Crippen LogP contribution is 2.33. The molecular formula is C23H30O3. The van der Waals surface area contributed by atoms with Crippen molar-refractivity contribution in [3.8, 4) is 11.5 Å². The molecule has 26 heavy (non-hydrogen) atoms. The van der Waals surface area contributed by atoms with Crippen molar-refractivity contribution < 1.29 is 14.3 Å². The smallest absolute Gasteiger partial charge is 0.313 e. The Morgan fingerprint density at radius 1 is 0.769 bits per heavy atom. The molecule has 0 aromatic heterocycles. The van der Waals surface area contributed by atoms with E-state index in [1.54, 1.807) is 0 Å². The molecule has 2 aromatic rings. The van der Waals surface area contributed by atoms with Crippen LogP contribution >= 0.6 is 0 Å². The molecule has 0 aliphatic rings. The van der Waals surface area contributed by atoms with Crippen molar-refractivity contribution in [2.24, 2.45) is 5.92 Å². The van der Waals surface area contributed by atoms with Crippen LogP contribution in [0.3, 0.4) is 0 Å². The minimum atomic E-state index is -0.216. The van der Waals surface area contributed by atoms with Crippen LogP contribution in [0, 0.1) is 5.92 Å². The number of carbonyl (C=O) groups is 1. The fourth-order valence-corrected chi connectivity index (χ4v) is 2.63. The van der Waals surface area contributed by atoms with Crippen LogP contribution in [0.25, 0.3) is 0 Å². The molecule has 0 atom stereocenters. The van der Waals surface area contributed by atoms with Crippen molar-refractivity contribution in [3.63, 3.8) is 0 Å². The van der Waals surface area contributed by atoms with E-state index in [1.807, 2.05) is 71.0 Å². The van der Waals surface area contributed by atoms with E-state index in [2.05, 4.69) is 26.0 Å². The Balaban J connectivity index is 2.17. The molecular weight excluding hydrogens is 324 g/mol. The second kappa shape index (κ2) is 7.53. The molecule has 0 amide bonds. The Morgan fingerprint density at radius 3 is 1.58 bits per heavy atom. The van der Waals surface area contributed by atoms with Gasteiger partial charge in [0.25, 0.3) is 0 Å². The Hall–Kier alpha value is -2.29. The van der Waals surface area contributed by atoms with Crippen LogP contribution in [0.5, 0.6) is 11.5 Å². The lowest BCUT2D eigenvalue weighted by atomic mass is 9.78. The van der Waals surface area contributed by atoms with Gasteiger partial charge in [-0.15, -0.1) is 0 Å². The number of hydrogen-bond donors (Lipinski definition) is 0. The van der Waals surface area contributed by atoms with Gasteiger partial charge >= 0.3 is 5.97 Å². The maximum absolute atomic E-state index is 11.7. The van der Waals surface area contributed by atoms with E-state index in [-0.39, 0.29) is 22.9 Å². The maximum atomic E-state index is 11.7. The van der Waals surface area contributed by atoms with Crippen LogP contribution < -0.4 is 9.47 Å². The Labute approximate surface area is 157 Å². The SMILES string of the molecule is CC(C)C(=O)Oc1ccc(C(C)(C)c2ccc(OC(C)(C)C)cc2)cc1. The maximum Gasteiger partial charge on any atom is 0.313 e. The van der Waals surface area contributed by atoms with Gasteiger partial charge in [0, 0.05) is 5.41 Å². The molecule has 2 rings (SSSR count). The zero-order valence-corrected chi connectivity index (χ0v) is 16.9. The molecule has 0 N–H and O–H groups in total. The predicted molar refractivity (Wildman–Crippen MR) is 106 cm³/mol. The number of benzene rings is 2. The van der Waals surface area contributed by atoms with E-state index in [0.717, 1.165) is 11.3 Å². The van der Waals surface area contributed by atoms with Crippen LogP contribution in [0.1, 0.15) is 59.6 Å². The standard InChI is InChI=1S/C23H30O3/c1-16(2)21(24)25-19-12-8-17(9-13-19)23(6,7)18-10-14-20(15-11-18)26-22(3,4)5/h8-16H,1-7H3. The number of carbonyl (C=O) groups excluding carboxylic acids is 1. The highest BCUT2D eigenvalue weighted by Gasteiger charge is 2.23. The number of hydrogen-bond acceptors (Lipinski definition) is 3. The molecule has 0 heterocycles. The fraction of sp³-hybridized carbons (Fsp3) is 0.435. The van der Waals surface area contributed by atoms with Crippen LogP contribution in [0.2, 0.25) is 0 Å². The van der Waals surface area contributed by atoms with Crippen molar-refractivity contribution in [2.75, 3.05) is 0 Å². The third-order valence-corrected chi connectivity index (χ3v) is 4.27. The average Bonchev–Trinajstić information content (AvgIpc) is 2.54. The van der Waals surface area contributed by atoms with Crippen molar-refractivity contribution >= 4 is 5.97 Å². The summed E-state index contributed by atoms with van der Waals surface area (Å²) in [5, 5.41) is 0. The van der Waals surface area contributed by atoms with E-state index in [1.165, 1.54) is 5.56 Å². The lowest BCUT2D eigenvalue weighted by molar-refractivity contribution is -0.137. The molecule has 0 unspecified atom stereocenters. The summed E-state index contributed by atoms with van der Waals surface area (Å²) in [5.74, 6) is 1.09. The third kappa shape index (κ3) is 5.10. The van der Waals surface area contributed by atoms with Crippen LogP contribution in [0.4, 0.5) is 0 Å². The van der Waals surface area contributed by atoms with Gasteiger partial charge in [-0.1, -0.05) is 52.0 Å². The second-order valence-corrected chi connectivity index (χ2v) is 8.46. The summed E-state index contributed by atoms with van der Waals surface area (Å²) in [6.07, 6.45) is 0. The minimum Gasteiger partial charge on any atom is -0.488 e. The van der Waals surface area contributed by atoms with Gasteiger partial charge in [0.15, 0.2) is 0 Å². The normalized spacial score (nSPS) is 12.2. The lowest BCUT2D eigenvalue weighted by Crippen LogP contribution is -2.23. The van der Waals surface area contributed by atoms with Gasteiger partial charge in [-0.2, -0.15) is 0 Å². The van der Waals surface area contributed by atoms with E-state index in [0.29, 0.717) is 5.75 Å². The zero-order valence-electron chi connectivity index (χ0n) is 16.9. The summed E-state index contributed by atoms with van der Waals surface area (Å²) in [4.78, 5) is 11.7. The third-order valence-electron chi connectivity index (χ3n) is 4.27. The molecule has 0 aliphatic carbocycles. The van der Waals surface area contributed by atoms with Crippen LogP contribution in [0.15, 0.2) is 48.5 Å². The average molecular weight is 354 g/mol. The van der Waals surface area contributed by atoms with Gasteiger partial charge in [0.05, 0.1) is 5.92 Å². The lowest BCUT2D eigenvalue weighted by Gasteiger charge is -2.27. The molecule has 0 saturated carbocycles. The first kappa shape index (κ1) is 20.0. The molecule has 0 spiro atoms. The molecule has 0 radical (unpaired) electrons. The van der Waals surface area contributed by atoms with Gasteiger partial charge in [-0.3, -0.25) is 4.79 Å². The van der Waals surface area contributed by atoms with Crippen molar-refractivity contribution in [2.45, 2.75) is 59.5 Å². The number of esters is 1. The predicted octanol–water partition coefficient (Wildman–Crippen LogP) is 5.75. The molecule has 0 fully saturated rings. The van der Waals surface area contributed by atoms with Crippen LogP contribution in [-0.2, 0) is 10.2 Å². The Bertz CT molecular complexity index is 733. The first-order chi connectivity index (χ1) is 12.0. The number of rotatable bonds is 5. The van der Waals surface area contributed by atoms with Gasteiger partial charge in [-0.05, 0) is 56.2 Å². The summed E-state index contributed by atoms with van der Waals surface area (Å²) >= 11 is 0.